The minimum atomic E-state index is -3.71. The molecule has 0 aliphatic carbocycles. The van der Waals surface area contributed by atoms with Crippen LogP contribution >= 0.6 is 23.7 Å². The number of ether oxygens (including phenoxy) is 1. The van der Waals surface area contributed by atoms with Crippen molar-refractivity contribution < 1.29 is 17.9 Å². The Hall–Kier alpha value is -1.19. The summed E-state index contributed by atoms with van der Waals surface area (Å²) in [6, 6.07) is 6.24. The first-order valence-corrected chi connectivity index (χ1v) is 8.81. The van der Waals surface area contributed by atoms with E-state index >= 15 is 0 Å². The average Bonchev–Trinajstić information content (AvgIpc) is 3.06. The molecule has 0 spiro atoms. The molecule has 2 aromatic rings. The summed E-state index contributed by atoms with van der Waals surface area (Å²) in [6.45, 7) is 0.820. The third kappa shape index (κ3) is 3.58. The molecule has 1 fully saturated rings. The monoisotopic (exact) mass is 362 g/mol. The summed E-state index contributed by atoms with van der Waals surface area (Å²) in [5.74, 6) is 0.0914. The van der Waals surface area contributed by atoms with Crippen molar-refractivity contribution in [2.75, 3.05) is 6.54 Å². The van der Waals surface area contributed by atoms with Crippen molar-refractivity contribution in [3.8, 4) is 5.75 Å². The van der Waals surface area contributed by atoms with E-state index in [2.05, 4.69) is 5.32 Å². The molecule has 0 unspecified atom stereocenters. The van der Waals surface area contributed by atoms with Crippen LogP contribution in [0.1, 0.15) is 12.8 Å². The molecule has 3 rings (SSSR count). The number of esters is 1. The maximum Gasteiger partial charge on any atom is 0.328 e. The molecule has 0 saturated carbocycles. The van der Waals surface area contributed by atoms with Crippen LogP contribution in [0.4, 0.5) is 0 Å². The van der Waals surface area contributed by atoms with Gasteiger partial charge in [0.15, 0.2) is 0 Å². The molecule has 1 aliphatic rings. The Morgan fingerprint density at radius 1 is 1.36 bits per heavy atom. The first kappa shape index (κ1) is 17.2. The average molecular weight is 363 g/mol. The summed E-state index contributed by atoms with van der Waals surface area (Å²) in [7, 11) is -3.71. The number of benzene rings is 1. The molecule has 0 amide bonds. The number of carbonyl (C=O) groups is 1. The van der Waals surface area contributed by atoms with Gasteiger partial charge in [-0.05, 0) is 49.0 Å². The van der Waals surface area contributed by atoms with Crippen LogP contribution in [0.5, 0.6) is 5.75 Å². The third-order valence-corrected chi connectivity index (χ3v) is 5.85. The lowest BCUT2D eigenvalue weighted by Gasteiger charge is -2.09. The topological polar surface area (TPSA) is 98.5 Å². The van der Waals surface area contributed by atoms with Gasteiger partial charge in [0.2, 0.25) is 10.0 Å². The Morgan fingerprint density at radius 3 is 2.77 bits per heavy atom. The van der Waals surface area contributed by atoms with E-state index in [0.717, 1.165) is 35.4 Å². The van der Waals surface area contributed by atoms with E-state index in [0.29, 0.717) is 11.1 Å². The largest absolute Gasteiger partial charge is 0.425 e. The molecule has 0 bridgehead atoms. The number of halogens is 1. The highest BCUT2D eigenvalue weighted by Gasteiger charge is 2.24. The van der Waals surface area contributed by atoms with Gasteiger partial charge in [0, 0.05) is 4.70 Å². The number of hydrogen-bond acceptors (Lipinski definition) is 6. The number of hydrogen-bond donors (Lipinski definition) is 2. The lowest BCUT2D eigenvalue weighted by atomic mass is 10.2. The molecule has 120 valence electrons. The molecule has 0 radical (unpaired) electrons. The number of primary sulfonamides is 1. The molecule has 1 aliphatic heterocycles. The normalized spacial score (nSPS) is 18.1. The number of nitrogens with one attached hydrogen (secondary N) is 1. The highest BCUT2D eigenvalue weighted by molar-refractivity contribution is 7.91. The lowest BCUT2D eigenvalue weighted by molar-refractivity contribution is -0.136. The first-order valence-electron chi connectivity index (χ1n) is 6.45. The highest BCUT2D eigenvalue weighted by atomic mass is 35.5. The summed E-state index contributed by atoms with van der Waals surface area (Å²) >= 11 is 1.09. The molecule has 1 atom stereocenters. The number of carbonyl (C=O) groups excluding carboxylic acids is 1. The summed E-state index contributed by atoms with van der Waals surface area (Å²) in [4.78, 5) is 11.9. The SMILES string of the molecule is Cl.NS(=O)(=O)c1cc2cc(OC(=O)[C@H]3CCCN3)ccc2s1. The lowest BCUT2D eigenvalue weighted by Crippen LogP contribution is -2.34. The maximum atomic E-state index is 11.9. The quantitative estimate of drug-likeness (QED) is 0.638. The zero-order chi connectivity index (χ0) is 15.0. The molecule has 1 aromatic heterocycles. The first-order chi connectivity index (χ1) is 9.93. The summed E-state index contributed by atoms with van der Waals surface area (Å²) in [6.07, 6.45) is 1.73. The van der Waals surface area contributed by atoms with Gasteiger partial charge in [0.1, 0.15) is 16.0 Å². The second-order valence-electron chi connectivity index (χ2n) is 4.88. The van der Waals surface area contributed by atoms with Gasteiger partial charge in [-0.3, -0.25) is 0 Å². The number of fused-ring (bicyclic) bond motifs is 1. The summed E-state index contributed by atoms with van der Waals surface area (Å²) < 4.78 is 28.9. The number of rotatable bonds is 3. The van der Waals surface area contributed by atoms with Crippen LogP contribution in [-0.2, 0) is 14.8 Å². The molecule has 2 heterocycles. The van der Waals surface area contributed by atoms with Crippen LogP contribution in [0.15, 0.2) is 28.5 Å². The predicted octanol–water partition coefficient (Wildman–Crippen LogP) is 1.63. The van der Waals surface area contributed by atoms with Gasteiger partial charge >= 0.3 is 5.97 Å². The van der Waals surface area contributed by atoms with E-state index in [1.54, 1.807) is 18.2 Å². The van der Waals surface area contributed by atoms with Crippen molar-refractivity contribution in [3.63, 3.8) is 0 Å². The molecule has 22 heavy (non-hydrogen) atoms. The van der Waals surface area contributed by atoms with Gasteiger partial charge < -0.3 is 10.1 Å². The molecule has 1 aromatic carbocycles. The van der Waals surface area contributed by atoms with Crippen LogP contribution in [-0.4, -0.2) is 27.0 Å². The van der Waals surface area contributed by atoms with E-state index < -0.39 is 10.0 Å². The smallest absolute Gasteiger partial charge is 0.328 e. The molecule has 6 nitrogen and oxygen atoms in total. The van der Waals surface area contributed by atoms with Gasteiger partial charge in [0.05, 0.1) is 0 Å². The van der Waals surface area contributed by atoms with Crippen LogP contribution in [0.2, 0.25) is 0 Å². The van der Waals surface area contributed by atoms with Crippen molar-refractivity contribution >= 4 is 49.8 Å². The van der Waals surface area contributed by atoms with Crippen molar-refractivity contribution in [2.45, 2.75) is 23.1 Å². The minimum Gasteiger partial charge on any atom is -0.425 e. The van der Waals surface area contributed by atoms with Gasteiger partial charge in [-0.2, -0.15) is 0 Å². The summed E-state index contributed by atoms with van der Waals surface area (Å²) in [5, 5.41) is 8.87. The number of thiophene rings is 1. The Morgan fingerprint density at radius 2 is 2.14 bits per heavy atom. The van der Waals surface area contributed by atoms with Gasteiger partial charge in [-0.1, -0.05) is 0 Å². The van der Waals surface area contributed by atoms with Crippen molar-refractivity contribution in [1.82, 2.24) is 5.32 Å². The van der Waals surface area contributed by atoms with E-state index in [9.17, 15) is 13.2 Å². The zero-order valence-electron chi connectivity index (χ0n) is 11.4. The fourth-order valence-electron chi connectivity index (χ4n) is 2.27. The van der Waals surface area contributed by atoms with E-state index in [1.165, 1.54) is 6.07 Å². The summed E-state index contributed by atoms with van der Waals surface area (Å²) in [5.41, 5.74) is 0. The van der Waals surface area contributed by atoms with Gasteiger partial charge in [-0.15, -0.1) is 23.7 Å². The van der Waals surface area contributed by atoms with Crippen LogP contribution in [0.25, 0.3) is 10.1 Å². The Labute approximate surface area is 138 Å². The second-order valence-corrected chi connectivity index (χ2v) is 7.75. The third-order valence-electron chi connectivity index (χ3n) is 3.31. The molecule has 9 heteroatoms. The second kappa shape index (κ2) is 6.51. The van der Waals surface area contributed by atoms with E-state index in [4.69, 9.17) is 9.88 Å². The molecule has 3 N–H and O–H groups in total. The molecular formula is C13H15ClN2O4S2. The van der Waals surface area contributed by atoms with Crippen molar-refractivity contribution in [2.24, 2.45) is 5.14 Å². The fourth-order valence-corrected chi connectivity index (χ4v) is 4.07. The van der Waals surface area contributed by atoms with Crippen LogP contribution < -0.4 is 15.2 Å². The standard InChI is InChI=1S/C13H14N2O4S2.ClH/c14-21(17,18)12-7-8-6-9(3-4-11(8)20-12)19-13(16)10-2-1-5-15-10;/h3-4,6-7,10,15H,1-2,5H2,(H2,14,17,18);1H/t10-;/m1./s1. The van der Waals surface area contributed by atoms with Crippen LogP contribution in [0, 0.1) is 0 Å². The Bertz CT molecular complexity index is 797. The molecular weight excluding hydrogens is 348 g/mol. The fraction of sp³-hybridized carbons (Fsp3) is 0.308. The van der Waals surface area contributed by atoms with Crippen molar-refractivity contribution in [1.29, 1.82) is 0 Å². The molecule has 1 saturated heterocycles. The zero-order valence-corrected chi connectivity index (χ0v) is 13.9. The Kier molecular flexibility index (Phi) is 5.08. The predicted molar refractivity (Wildman–Crippen MR) is 87.1 cm³/mol. The highest BCUT2D eigenvalue weighted by Crippen LogP contribution is 2.31. The van der Waals surface area contributed by atoms with Gasteiger partial charge in [0.25, 0.3) is 0 Å². The number of nitrogens with two attached hydrogens (primary N) is 1. The van der Waals surface area contributed by atoms with E-state index in [1.807, 2.05) is 0 Å². The van der Waals surface area contributed by atoms with Crippen molar-refractivity contribution in [3.05, 3.63) is 24.3 Å². The number of sulfonamides is 1. The van der Waals surface area contributed by atoms with Gasteiger partial charge in [-0.25, -0.2) is 18.4 Å². The Balaban J connectivity index is 0.00000176. The van der Waals surface area contributed by atoms with Crippen LogP contribution in [0.3, 0.4) is 0 Å². The van der Waals surface area contributed by atoms with E-state index in [-0.39, 0.29) is 28.6 Å². The maximum absolute atomic E-state index is 11.9. The minimum absolute atomic E-state index is 0.